The third-order valence-corrected chi connectivity index (χ3v) is 10.7. The Morgan fingerprint density at radius 1 is 0.554 bits per heavy atom. The first-order chi connectivity index (χ1) is 30.6. The van der Waals surface area contributed by atoms with Gasteiger partial charge < -0.3 is 67.3 Å². The molecule has 1 aromatic rings. The van der Waals surface area contributed by atoms with Gasteiger partial charge in [-0.1, -0.05) is 51.9 Å². The summed E-state index contributed by atoms with van der Waals surface area (Å²) in [6.07, 6.45) is -5.89. The van der Waals surface area contributed by atoms with Gasteiger partial charge in [0.1, 0.15) is 42.9 Å². The molecule has 1 aromatic carbocycles. The van der Waals surface area contributed by atoms with Gasteiger partial charge in [-0.05, 0) is 24.8 Å². The number of urea groups is 1. The lowest BCUT2D eigenvalue weighted by molar-refractivity contribution is -0.143. The van der Waals surface area contributed by atoms with Crippen molar-refractivity contribution in [3.05, 3.63) is 35.9 Å². The molecule has 65 heavy (non-hydrogen) atoms. The molecule has 29 heteroatoms. The summed E-state index contributed by atoms with van der Waals surface area (Å²) in [7, 11) is 3.63. The van der Waals surface area contributed by atoms with Crippen molar-refractivity contribution < 1.29 is 92.9 Å². The number of benzene rings is 1. The number of carbonyl (C=O) groups excluding carboxylic acids is 6. The van der Waals surface area contributed by atoms with Crippen LogP contribution in [0, 0.1) is 0 Å². The molecule has 360 valence electrons. The van der Waals surface area contributed by atoms with Crippen LogP contribution < -0.4 is 42.8 Å². The second kappa shape index (κ2) is 30.2. The Morgan fingerprint density at radius 2 is 1.03 bits per heavy atom. The normalized spacial score (nSPS) is 13.4. The standard InChI is InChI=1S/C36H50N8O19S2/c1-37-44-36(62)63-13-14-64-65-17-24(34(59)60)41-29(51)22(15-18-5-3-2-4-6-18)40-30(52)23(16-28(49)50)39-26(46)10-7-19(31(53)54)38-25(45)11-8-20(32(55)56)42-35(61)43-21(33(57)58)9-12-27(47)48/h2-6,19-24,37H,7-17H2,1H3,(H,38,45)(H,39,46)(H,40,52)(H,41,51)(H,44,62)(H,47,48)(H,49,50)(H,53,54)(H,55,56)(H,57,58)(H,59,60)(H2,42,43,61)/t19-,20-,21-,22+,23-,24+/m0/s1. The molecular formula is C36H50N8O19S2. The lowest BCUT2D eigenvalue weighted by Crippen LogP contribution is -2.57. The van der Waals surface area contributed by atoms with E-state index in [1.807, 2.05) is 10.6 Å². The molecule has 0 aromatic heterocycles. The zero-order valence-corrected chi connectivity index (χ0v) is 36.1. The van der Waals surface area contributed by atoms with Crippen molar-refractivity contribution in [1.29, 1.82) is 0 Å². The molecule has 0 spiro atoms. The fraction of sp³-hybridized carbons (Fsp3) is 0.500. The summed E-state index contributed by atoms with van der Waals surface area (Å²) in [5.41, 5.74) is 5.06. The Labute approximate surface area is 376 Å². The van der Waals surface area contributed by atoms with E-state index in [9.17, 15) is 83.1 Å². The van der Waals surface area contributed by atoms with Gasteiger partial charge in [0.2, 0.25) is 23.6 Å². The Morgan fingerprint density at radius 3 is 1.52 bits per heavy atom. The van der Waals surface area contributed by atoms with Crippen LogP contribution in [0.1, 0.15) is 50.5 Å². The maximum absolute atomic E-state index is 13.5. The number of rotatable bonds is 32. The molecule has 0 saturated heterocycles. The average Bonchev–Trinajstić information content (AvgIpc) is 3.22. The number of nitrogens with one attached hydrogen (secondary N) is 8. The molecule has 0 radical (unpaired) electrons. The fourth-order valence-corrected chi connectivity index (χ4v) is 7.11. The number of aliphatic carboxylic acids is 6. The van der Waals surface area contributed by atoms with E-state index in [1.165, 1.54) is 7.05 Å². The van der Waals surface area contributed by atoms with Crippen LogP contribution in [0.3, 0.4) is 0 Å². The van der Waals surface area contributed by atoms with E-state index < -0.39 is 153 Å². The van der Waals surface area contributed by atoms with Gasteiger partial charge in [0.05, 0.1) is 6.42 Å². The monoisotopic (exact) mass is 962 g/mol. The summed E-state index contributed by atoms with van der Waals surface area (Å²) < 4.78 is 4.87. The number of carbonyl (C=O) groups is 12. The largest absolute Gasteiger partial charge is 0.481 e. The summed E-state index contributed by atoms with van der Waals surface area (Å²) in [6, 6.07) is -3.40. The zero-order valence-electron chi connectivity index (χ0n) is 34.4. The minimum absolute atomic E-state index is 0.0210. The Kier molecular flexibility index (Phi) is 26.1. The van der Waals surface area contributed by atoms with Gasteiger partial charge in [0.25, 0.3) is 0 Å². The lowest BCUT2D eigenvalue weighted by Gasteiger charge is -2.24. The van der Waals surface area contributed by atoms with Gasteiger partial charge in [0, 0.05) is 44.2 Å². The van der Waals surface area contributed by atoms with E-state index in [2.05, 4.69) is 32.1 Å². The predicted octanol–water partition coefficient (Wildman–Crippen LogP) is -2.32. The number of hydrazine groups is 1. The number of hydrogen-bond donors (Lipinski definition) is 14. The number of amides is 7. The number of carboxylic acids is 6. The maximum atomic E-state index is 13.5. The van der Waals surface area contributed by atoms with E-state index >= 15 is 0 Å². The zero-order chi connectivity index (χ0) is 49.1. The van der Waals surface area contributed by atoms with Crippen LogP contribution in [0.5, 0.6) is 0 Å². The van der Waals surface area contributed by atoms with Crippen LogP contribution >= 0.6 is 21.6 Å². The number of carboxylic acid groups (broad SMARTS) is 6. The van der Waals surface area contributed by atoms with Gasteiger partial charge in [-0.3, -0.25) is 34.2 Å². The molecular weight excluding hydrogens is 913 g/mol. The summed E-state index contributed by atoms with van der Waals surface area (Å²) in [4.78, 5) is 146. The van der Waals surface area contributed by atoms with Crippen molar-refractivity contribution in [3.63, 3.8) is 0 Å². The SMILES string of the molecule is CNNC(=O)OCCSSC[C@@H](NC(=O)[C@@H](Cc1ccccc1)NC(=O)[C@H](CC(=O)O)NC(=O)CC[C@H](NC(=O)CC[C@H](NC(=O)N[C@@H](CCC(=O)O)C(=O)O)C(=O)O)C(=O)O)C(=O)O. The summed E-state index contributed by atoms with van der Waals surface area (Å²) in [5.74, 6) is -13.5. The van der Waals surface area contributed by atoms with Gasteiger partial charge in [0.15, 0.2) is 0 Å². The van der Waals surface area contributed by atoms with Gasteiger partial charge in [-0.2, -0.15) is 0 Å². The Bertz CT molecular complexity index is 1860. The molecule has 1 rings (SSSR count). The van der Waals surface area contributed by atoms with Crippen molar-refractivity contribution in [2.75, 3.05) is 25.2 Å². The first-order valence-corrected chi connectivity index (χ1v) is 21.6. The van der Waals surface area contributed by atoms with Crippen molar-refractivity contribution in [2.45, 2.75) is 87.6 Å². The van der Waals surface area contributed by atoms with Crippen LogP contribution in [0.2, 0.25) is 0 Å². The molecule has 0 aliphatic heterocycles. The van der Waals surface area contributed by atoms with Crippen molar-refractivity contribution >= 4 is 93.2 Å². The summed E-state index contributed by atoms with van der Waals surface area (Å²) >= 11 is 0. The maximum Gasteiger partial charge on any atom is 0.421 e. The molecule has 7 amide bonds. The highest BCUT2D eigenvalue weighted by atomic mass is 33.1. The minimum atomic E-state index is -1.86. The molecule has 6 atom stereocenters. The van der Waals surface area contributed by atoms with E-state index in [1.54, 1.807) is 30.3 Å². The van der Waals surface area contributed by atoms with Crippen LogP contribution in [0.25, 0.3) is 0 Å². The Hall–Kier alpha value is -6.88. The van der Waals surface area contributed by atoms with Crippen LogP contribution in [0.15, 0.2) is 30.3 Å². The van der Waals surface area contributed by atoms with Crippen LogP contribution in [0.4, 0.5) is 9.59 Å². The Balaban J connectivity index is 2.96. The first-order valence-electron chi connectivity index (χ1n) is 19.1. The lowest BCUT2D eigenvalue weighted by atomic mass is 10.0. The molecule has 0 aliphatic rings. The summed E-state index contributed by atoms with van der Waals surface area (Å²) in [5, 5.41) is 69.1. The first kappa shape index (κ1) is 56.1. The molecule has 0 saturated carbocycles. The molecule has 0 unspecified atom stereocenters. The highest BCUT2D eigenvalue weighted by Gasteiger charge is 2.32. The van der Waals surface area contributed by atoms with Crippen molar-refractivity contribution in [3.8, 4) is 0 Å². The quantitative estimate of drug-likeness (QED) is 0.0205. The third-order valence-electron chi connectivity index (χ3n) is 8.31. The third kappa shape index (κ3) is 24.5. The molecule has 27 nitrogen and oxygen atoms in total. The molecule has 0 heterocycles. The molecule has 0 bridgehead atoms. The smallest absolute Gasteiger partial charge is 0.421 e. The second-order valence-corrected chi connectivity index (χ2v) is 16.0. The van der Waals surface area contributed by atoms with E-state index in [-0.39, 0.29) is 24.5 Å². The summed E-state index contributed by atoms with van der Waals surface area (Å²) in [6.45, 7) is -0.0210. The molecule has 14 N–H and O–H groups in total. The fourth-order valence-electron chi connectivity index (χ4n) is 5.13. The van der Waals surface area contributed by atoms with Crippen LogP contribution in [-0.4, -0.2) is 164 Å². The topological polar surface area (TPSA) is 432 Å². The predicted molar refractivity (Wildman–Crippen MR) is 224 cm³/mol. The molecule has 0 aliphatic carbocycles. The van der Waals surface area contributed by atoms with Crippen LogP contribution in [-0.2, 0) is 59.1 Å². The second-order valence-electron chi connectivity index (χ2n) is 13.4. The highest BCUT2D eigenvalue weighted by molar-refractivity contribution is 8.76. The average molecular weight is 963 g/mol. The van der Waals surface area contributed by atoms with Gasteiger partial charge in [-0.25, -0.2) is 34.2 Å². The number of ether oxygens (including phenoxy) is 1. The minimum Gasteiger partial charge on any atom is -0.481 e. The van der Waals surface area contributed by atoms with Gasteiger partial charge >= 0.3 is 47.9 Å². The molecule has 0 fully saturated rings. The van der Waals surface area contributed by atoms with E-state index in [4.69, 9.17) is 9.84 Å². The van der Waals surface area contributed by atoms with E-state index in [0.717, 1.165) is 21.6 Å². The number of hydrogen-bond acceptors (Lipinski definition) is 16. The van der Waals surface area contributed by atoms with Crippen molar-refractivity contribution in [1.82, 2.24) is 42.8 Å². The van der Waals surface area contributed by atoms with E-state index in [0.29, 0.717) is 5.56 Å². The van der Waals surface area contributed by atoms with Crippen molar-refractivity contribution in [2.24, 2.45) is 0 Å². The highest BCUT2D eigenvalue weighted by Crippen LogP contribution is 2.22. The van der Waals surface area contributed by atoms with Gasteiger partial charge in [-0.15, -0.1) is 0 Å².